The third-order valence-corrected chi connectivity index (χ3v) is 3.40. The molecule has 2 aromatic carbocycles. The summed E-state index contributed by atoms with van der Waals surface area (Å²) in [5.41, 5.74) is 8.90. The van der Waals surface area contributed by atoms with Crippen molar-refractivity contribution in [3.63, 3.8) is 0 Å². The molecule has 0 saturated carbocycles. The lowest BCUT2D eigenvalue weighted by Crippen LogP contribution is -2.01. The Kier molecular flexibility index (Phi) is 3.69. The fourth-order valence-electron chi connectivity index (χ4n) is 1.57. The van der Waals surface area contributed by atoms with Crippen molar-refractivity contribution in [3.8, 4) is 5.75 Å². The number of rotatable bonds is 3. The minimum Gasteiger partial charge on any atom is -0.489 e. The Balaban J connectivity index is 2.13. The Labute approximate surface area is 110 Å². The highest BCUT2D eigenvalue weighted by Crippen LogP contribution is 2.26. The SMILES string of the molecule is Cc1c(COc2ccccc2)ccc(Br)c1N. The predicted molar refractivity (Wildman–Crippen MR) is 74.1 cm³/mol. The van der Waals surface area contributed by atoms with E-state index in [1.807, 2.05) is 49.4 Å². The van der Waals surface area contributed by atoms with Gasteiger partial charge in [0.05, 0.1) is 0 Å². The maximum absolute atomic E-state index is 5.95. The Morgan fingerprint density at radius 1 is 1.12 bits per heavy atom. The third-order valence-electron chi connectivity index (χ3n) is 2.71. The average Bonchev–Trinajstić information content (AvgIpc) is 2.36. The van der Waals surface area contributed by atoms with E-state index in [2.05, 4.69) is 15.9 Å². The summed E-state index contributed by atoms with van der Waals surface area (Å²) < 4.78 is 6.63. The second-order valence-electron chi connectivity index (χ2n) is 3.85. The molecule has 0 heterocycles. The Morgan fingerprint density at radius 3 is 2.53 bits per heavy atom. The van der Waals surface area contributed by atoms with Crippen molar-refractivity contribution in [2.24, 2.45) is 0 Å². The van der Waals surface area contributed by atoms with E-state index in [0.717, 1.165) is 27.0 Å². The summed E-state index contributed by atoms with van der Waals surface area (Å²) in [5.74, 6) is 0.869. The molecule has 2 rings (SSSR count). The summed E-state index contributed by atoms with van der Waals surface area (Å²) in [6, 6.07) is 13.7. The van der Waals surface area contributed by atoms with Crippen molar-refractivity contribution < 1.29 is 4.74 Å². The summed E-state index contributed by atoms with van der Waals surface area (Å²) >= 11 is 3.41. The molecule has 0 bridgehead atoms. The maximum Gasteiger partial charge on any atom is 0.119 e. The van der Waals surface area contributed by atoms with Crippen LogP contribution in [0, 0.1) is 6.92 Å². The molecule has 0 radical (unpaired) electrons. The molecule has 2 N–H and O–H groups in total. The molecule has 2 aromatic rings. The number of hydrogen-bond donors (Lipinski definition) is 1. The number of benzene rings is 2. The number of para-hydroxylation sites is 1. The second kappa shape index (κ2) is 5.23. The van der Waals surface area contributed by atoms with Crippen LogP contribution in [0.3, 0.4) is 0 Å². The van der Waals surface area contributed by atoms with Crippen LogP contribution in [-0.4, -0.2) is 0 Å². The first kappa shape index (κ1) is 12.0. The van der Waals surface area contributed by atoms with Gasteiger partial charge in [0.1, 0.15) is 12.4 Å². The highest BCUT2D eigenvalue weighted by Gasteiger charge is 2.05. The molecule has 2 nitrogen and oxygen atoms in total. The molecule has 0 spiro atoms. The Hall–Kier alpha value is -1.48. The summed E-state index contributed by atoms with van der Waals surface area (Å²) in [4.78, 5) is 0. The molecule has 88 valence electrons. The van der Waals surface area contributed by atoms with Gasteiger partial charge in [-0.2, -0.15) is 0 Å². The average molecular weight is 292 g/mol. The molecule has 0 aliphatic heterocycles. The molecule has 0 aromatic heterocycles. The van der Waals surface area contributed by atoms with Crippen molar-refractivity contribution in [2.75, 3.05) is 5.73 Å². The van der Waals surface area contributed by atoms with Gasteiger partial charge in [-0.05, 0) is 52.2 Å². The monoisotopic (exact) mass is 291 g/mol. The lowest BCUT2D eigenvalue weighted by Gasteiger charge is -2.11. The zero-order chi connectivity index (χ0) is 12.3. The molecule has 0 saturated heterocycles. The van der Waals surface area contributed by atoms with Gasteiger partial charge in [-0.1, -0.05) is 24.3 Å². The topological polar surface area (TPSA) is 35.2 Å². The number of halogens is 1. The van der Waals surface area contributed by atoms with Crippen molar-refractivity contribution in [1.82, 2.24) is 0 Å². The van der Waals surface area contributed by atoms with Crippen LogP contribution in [0.4, 0.5) is 5.69 Å². The molecule has 0 amide bonds. The summed E-state index contributed by atoms with van der Waals surface area (Å²) in [6.07, 6.45) is 0. The van der Waals surface area contributed by atoms with Gasteiger partial charge < -0.3 is 10.5 Å². The number of anilines is 1. The predicted octanol–water partition coefficient (Wildman–Crippen LogP) is 3.92. The van der Waals surface area contributed by atoms with Gasteiger partial charge in [0.2, 0.25) is 0 Å². The van der Waals surface area contributed by atoms with E-state index in [-0.39, 0.29) is 0 Å². The van der Waals surface area contributed by atoms with E-state index in [9.17, 15) is 0 Å². The highest BCUT2D eigenvalue weighted by molar-refractivity contribution is 9.10. The van der Waals surface area contributed by atoms with Crippen LogP contribution in [0.25, 0.3) is 0 Å². The van der Waals surface area contributed by atoms with Crippen LogP contribution in [0.2, 0.25) is 0 Å². The maximum atomic E-state index is 5.95. The molecule has 0 unspecified atom stereocenters. The van der Waals surface area contributed by atoms with E-state index in [4.69, 9.17) is 10.5 Å². The number of ether oxygens (including phenoxy) is 1. The zero-order valence-electron chi connectivity index (χ0n) is 9.61. The summed E-state index contributed by atoms with van der Waals surface area (Å²) in [6.45, 7) is 2.54. The molecule has 17 heavy (non-hydrogen) atoms. The molecule has 0 aliphatic carbocycles. The fourth-order valence-corrected chi connectivity index (χ4v) is 2.00. The molecule has 3 heteroatoms. The van der Waals surface area contributed by atoms with Crippen LogP contribution in [0.15, 0.2) is 46.9 Å². The van der Waals surface area contributed by atoms with Crippen LogP contribution < -0.4 is 10.5 Å². The van der Waals surface area contributed by atoms with Crippen molar-refractivity contribution >= 4 is 21.6 Å². The lowest BCUT2D eigenvalue weighted by molar-refractivity contribution is 0.305. The van der Waals surface area contributed by atoms with Gasteiger partial charge in [-0.3, -0.25) is 0 Å². The number of hydrogen-bond acceptors (Lipinski definition) is 2. The first-order chi connectivity index (χ1) is 8.18. The first-order valence-electron chi connectivity index (χ1n) is 5.40. The summed E-state index contributed by atoms with van der Waals surface area (Å²) in [5, 5.41) is 0. The molecule has 0 aliphatic rings. The summed E-state index contributed by atoms with van der Waals surface area (Å²) in [7, 11) is 0. The van der Waals surface area contributed by atoms with E-state index in [0.29, 0.717) is 6.61 Å². The number of nitrogen functional groups attached to an aromatic ring is 1. The van der Waals surface area contributed by atoms with E-state index in [1.54, 1.807) is 0 Å². The van der Waals surface area contributed by atoms with Gasteiger partial charge >= 0.3 is 0 Å². The lowest BCUT2D eigenvalue weighted by atomic mass is 10.1. The Morgan fingerprint density at radius 2 is 1.82 bits per heavy atom. The largest absolute Gasteiger partial charge is 0.489 e. The van der Waals surface area contributed by atoms with Crippen LogP contribution in [0.5, 0.6) is 5.75 Å². The van der Waals surface area contributed by atoms with Crippen molar-refractivity contribution in [1.29, 1.82) is 0 Å². The van der Waals surface area contributed by atoms with Crippen LogP contribution >= 0.6 is 15.9 Å². The van der Waals surface area contributed by atoms with Crippen LogP contribution in [0.1, 0.15) is 11.1 Å². The normalized spacial score (nSPS) is 10.2. The minimum atomic E-state index is 0.535. The van der Waals surface area contributed by atoms with Gasteiger partial charge in [-0.15, -0.1) is 0 Å². The number of nitrogens with two attached hydrogens (primary N) is 1. The van der Waals surface area contributed by atoms with Crippen molar-refractivity contribution in [2.45, 2.75) is 13.5 Å². The van der Waals surface area contributed by atoms with Crippen molar-refractivity contribution in [3.05, 3.63) is 58.1 Å². The van der Waals surface area contributed by atoms with E-state index < -0.39 is 0 Å². The van der Waals surface area contributed by atoms with E-state index in [1.165, 1.54) is 0 Å². The fraction of sp³-hybridized carbons (Fsp3) is 0.143. The molecular weight excluding hydrogens is 278 g/mol. The molecule has 0 atom stereocenters. The van der Waals surface area contributed by atoms with E-state index >= 15 is 0 Å². The van der Waals surface area contributed by atoms with Gasteiger partial charge in [0.15, 0.2) is 0 Å². The molecule has 0 fully saturated rings. The second-order valence-corrected chi connectivity index (χ2v) is 4.70. The first-order valence-corrected chi connectivity index (χ1v) is 6.19. The Bertz CT molecular complexity index is 511. The third kappa shape index (κ3) is 2.80. The van der Waals surface area contributed by atoms with Gasteiger partial charge in [0, 0.05) is 10.2 Å². The van der Waals surface area contributed by atoms with Gasteiger partial charge in [0.25, 0.3) is 0 Å². The quantitative estimate of drug-likeness (QED) is 0.870. The molecular formula is C14H14BrNO. The van der Waals surface area contributed by atoms with Crippen LogP contribution in [-0.2, 0) is 6.61 Å². The standard InChI is InChI=1S/C14H14BrNO/c1-10-11(7-8-13(15)14(10)16)9-17-12-5-3-2-4-6-12/h2-8H,9,16H2,1H3. The minimum absolute atomic E-state index is 0.535. The van der Waals surface area contributed by atoms with Gasteiger partial charge in [-0.25, -0.2) is 0 Å². The highest BCUT2D eigenvalue weighted by atomic mass is 79.9. The zero-order valence-corrected chi connectivity index (χ0v) is 11.2. The smallest absolute Gasteiger partial charge is 0.119 e.